The molecule has 5 nitrogen and oxygen atoms in total. The van der Waals surface area contributed by atoms with E-state index in [9.17, 15) is 0 Å². The topological polar surface area (TPSA) is 44.5 Å². The van der Waals surface area contributed by atoms with Crippen LogP contribution in [0.2, 0.25) is 0 Å². The fraction of sp³-hybridized carbons (Fsp3) is 0.800. The molecule has 1 aromatic heterocycles. The third kappa shape index (κ3) is 4.58. The van der Waals surface area contributed by atoms with E-state index >= 15 is 0 Å². The molecule has 0 bridgehead atoms. The fourth-order valence-corrected chi connectivity index (χ4v) is 2.64. The van der Waals surface area contributed by atoms with Crippen LogP contribution in [0.25, 0.3) is 0 Å². The summed E-state index contributed by atoms with van der Waals surface area (Å²) in [4.78, 5) is 4.79. The molecule has 5 heteroatoms. The summed E-state index contributed by atoms with van der Waals surface area (Å²) in [5.41, 5.74) is 0.995. The predicted molar refractivity (Wildman–Crippen MR) is 80.5 cm³/mol. The van der Waals surface area contributed by atoms with Crippen molar-refractivity contribution in [3.8, 4) is 0 Å². The normalized spacial score (nSPS) is 21.0. The maximum absolute atomic E-state index is 5.45. The Labute approximate surface area is 122 Å². The number of piperidine rings is 1. The van der Waals surface area contributed by atoms with Gasteiger partial charge in [0.05, 0.1) is 12.2 Å². The Balaban J connectivity index is 1.83. The van der Waals surface area contributed by atoms with E-state index in [-0.39, 0.29) is 0 Å². The average molecular weight is 280 g/mol. The molecule has 1 aliphatic rings. The lowest BCUT2D eigenvalue weighted by molar-refractivity contribution is 0.119. The molecule has 0 saturated carbocycles. The van der Waals surface area contributed by atoms with Gasteiger partial charge in [0.1, 0.15) is 0 Å². The Bertz CT molecular complexity index is 402. The molecule has 1 saturated heterocycles. The highest BCUT2D eigenvalue weighted by Crippen LogP contribution is 2.16. The third-order valence-electron chi connectivity index (χ3n) is 3.89. The molecular formula is C15H28N4O. The molecule has 0 spiro atoms. The van der Waals surface area contributed by atoms with Gasteiger partial charge < -0.3 is 14.7 Å². The smallest absolute Gasteiger partial charge is 0.151 e. The minimum absolute atomic E-state index is 0.470. The summed E-state index contributed by atoms with van der Waals surface area (Å²) in [5.74, 6) is 0.977. The molecule has 1 N–H and O–H groups in total. The molecule has 0 aromatic carbocycles. The molecule has 0 amide bonds. The van der Waals surface area contributed by atoms with E-state index in [0.717, 1.165) is 37.6 Å². The Kier molecular flexibility index (Phi) is 5.57. The van der Waals surface area contributed by atoms with E-state index in [2.05, 4.69) is 54.3 Å². The first-order valence-corrected chi connectivity index (χ1v) is 7.61. The van der Waals surface area contributed by atoms with Crippen molar-refractivity contribution in [3.05, 3.63) is 17.5 Å². The largest absolute Gasteiger partial charge is 0.360 e. The van der Waals surface area contributed by atoms with E-state index in [1.165, 1.54) is 12.8 Å². The second-order valence-corrected chi connectivity index (χ2v) is 6.31. The van der Waals surface area contributed by atoms with Crippen LogP contribution in [-0.4, -0.2) is 54.2 Å². The average Bonchev–Trinajstić information content (AvgIpc) is 2.84. The van der Waals surface area contributed by atoms with Crippen LogP contribution in [0.1, 0.15) is 38.1 Å². The van der Waals surface area contributed by atoms with E-state index in [1.54, 1.807) is 0 Å². The molecular weight excluding hydrogens is 252 g/mol. The second-order valence-electron chi connectivity index (χ2n) is 6.31. The zero-order chi connectivity index (χ0) is 14.5. The monoisotopic (exact) mass is 280 g/mol. The van der Waals surface area contributed by atoms with Gasteiger partial charge in [0.15, 0.2) is 5.76 Å². The number of nitrogens with one attached hydrogen (secondary N) is 1. The summed E-state index contributed by atoms with van der Waals surface area (Å²) in [6.45, 7) is 8.20. The zero-order valence-corrected chi connectivity index (χ0v) is 13.2. The van der Waals surface area contributed by atoms with Gasteiger partial charge in [-0.3, -0.25) is 4.90 Å². The molecule has 1 fully saturated rings. The number of likely N-dealkylation sites (N-methyl/N-ethyl adjacent to an activating group) is 1. The summed E-state index contributed by atoms with van der Waals surface area (Å²) >= 11 is 0. The first-order chi connectivity index (χ1) is 9.54. The van der Waals surface area contributed by atoms with Gasteiger partial charge in [-0.25, -0.2) is 0 Å². The van der Waals surface area contributed by atoms with Crippen LogP contribution in [0.5, 0.6) is 0 Å². The highest BCUT2D eigenvalue weighted by atomic mass is 16.5. The fourth-order valence-electron chi connectivity index (χ4n) is 2.64. The lowest BCUT2D eigenvalue weighted by atomic mass is 10.0. The molecule has 114 valence electrons. The summed E-state index contributed by atoms with van der Waals surface area (Å²) in [7, 11) is 4.33. The first kappa shape index (κ1) is 15.5. The Hall–Kier alpha value is -0.910. The van der Waals surface area contributed by atoms with Gasteiger partial charge in [-0.05, 0) is 33.5 Å². The van der Waals surface area contributed by atoms with Crippen LogP contribution in [0, 0.1) is 0 Å². The van der Waals surface area contributed by atoms with Gasteiger partial charge >= 0.3 is 0 Å². The van der Waals surface area contributed by atoms with Crippen molar-refractivity contribution in [3.63, 3.8) is 0 Å². The molecule has 1 atom stereocenters. The Morgan fingerprint density at radius 2 is 2.30 bits per heavy atom. The highest BCUT2D eigenvalue weighted by Gasteiger charge is 2.22. The molecule has 2 heterocycles. The number of aromatic nitrogens is 1. The lowest BCUT2D eigenvalue weighted by Crippen LogP contribution is -2.44. The van der Waals surface area contributed by atoms with E-state index in [4.69, 9.17) is 4.52 Å². The van der Waals surface area contributed by atoms with Crippen LogP contribution in [-0.2, 0) is 13.1 Å². The van der Waals surface area contributed by atoms with Crippen molar-refractivity contribution in [1.29, 1.82) is 0 Å². The quantitative estimate of drug-likeness (QED) is 0.859. The van der Waals surface area contributed by atoms with Crippen molar-refractivity contribution in [1.82, 2.24) is 20.3 Å². The molecule has 2 rings (SSSR count). The van der Waals surface area contributed by atoms with Crippen molar-refractivity contribution in [2.45, 2.75) is 51.9 Å². The van der Waals surface area contributed by atoms with Crippen LogP contribution in [0.3, 0.4) is 0 Å². The van der Waals surface area contributed by atoms with Crippen LogP contribution >= 0.6 is 0 Å². The number of nitrogens with zero attached hydrogens (tertiary/aromatic N) is 3. The lowest BCUT2D eigenvalue weighted by Gasteiger charge is -2.35. The summed E-state index contributed by atoms with van der Waals surface area (Å²) < 4.78 is 5.45. The van der Waals surface area contributed by atoms with Crippen LogP contribution in [0.15, 0.2) is 10.6 Å². The van der Waals surface area contributed by atoms with Gasteiger partial charge in [-0.15, -0.1) is 0 Å². The van der Waals surface area contributed by atoms with E-state index in [0.29, 0.717) is 12.1 Å². The minimum atomic E-state index is 0.470. The van der Waals surface area contributed by atoms with Crippen LogP contribution in [0.4, 0.5) is 0 Å². The zero-order valence-electron chi connectivity index (χ0n) is 13.2. The van der Waals surface area contributed by atoms with Crippen molar-refractivity contribution < 1.29 is 4.52 Å². The van der Waals surface area contributed by atoms with Crippen molar-refractivity contribution in [2.24, 2.45) is 0 Å². The predicted octanol–water partition coefficient (Wildman–Crippen LogP) is 1.70. The van der Waals surface area contributed by atoms with Crippen LogP contribution < -0.4 is 5.32 Å². The number of hydrogen-bond acceptors (Lipinski definition) is 5. The molecule has 20 heavy (non-hydrogen) atoms. The van der Waals surface area contributed by atoms with Gasteiger partial charge in [0.2, 0.25) is 0 Å². The molecule has 0 aliphatic carbocycles. The van der Waals surface area contributed by atoms with Gasteiger partial charge in [-0.2, -0.15) is 0 Å². The van der Waals surface area contributed by atoms with Gasteiger partial charge in [0.25, 0.3) is 0 Å². The summed E-state index contributed by atoms with van der Waals surface area (Å²) in [6.07, 6.45) is 2.56. The molecule has 1 aromatic rings. The molecule has 1 aliphatic heterocycles. The maximum Gasteiger partial charge on any atom is 0.151 e. The van der Waals surface area contributed by atoms with E-state index in [1.807, 2.05) is 0 Å². The maximum atomic E-state index is 5.45. The van der Waals surface area contributed by atoms with Gasteiger partial charge in [0, 0.05) is 31.2 Å². The Morgan fingerprint density at radius 3 is 3.00 bits per heavy atom. The third-order valence-corrected chi connectivity index (χ3v) is 3.89. The highest BCUT2D eigenvalue weighted by molar-refractivity contribution is 5.05. The SMILES string of the molecule is CC(C)NCc1cc(CN2CCCC(N(C)C)C2)on1. The summed E-state index contributed by atoms with van der Waals surface area (Å²) in [6, 6.07) is 3.21. The second kappa shape index (κ2) is 7.20. The minimum Gasteiger partial charge on any atom is -0.360 e. The molecule has 0 radical (unpaired) electrons. The van der Waals surface area contributed by atoms with Crippen molar-refractivity contribution in [2.75, 3.05) is 27.2 Å². The number of hydrogen-bond donors (Lipinski definition) is 1. The first-order valence-electron chi connectivity index (χ1n) is 7.61. The standard InChI is InChI=1S/C15H28N4O/c1-12(2)16-9-13-8-15(20-17-13)11-19-7-5-6-14(10-19)18(3)4/h8,12,14,16H,5-7,9-11H2,1-4H3. The summed E-state index contributed by atoms with van der Waals surface area (Å²) in [5, 5.41) is 7.49. The molecule has 1 unspecified atom stereocenters. The number of likely N-dealkylation sites (tertiary alicyclic amines) is 1. The van der Waals surface area contributed by atoms with E-state index < -0.39 is 0 Å². The number of rotatable bonds is 6. The van der Waals surface area contributed by atoms with Crippen molar-refractivity contribution >= 4 is 0 Å². The Morgan fingerprint density at radius 1 is 1.50 bits per heavy atom. The van der Waals surface area contributed by atoms with Gasteiger partial charge in [-0.1, -0.05) is 19.0 Å².